The number of piperidine rings is 1. The zero-order chi connectivity index (χ0) is 15.3. The number of hydrogen-bond donors (Lipinski definition) is 1. The minimum atomic E-state index is -4.30. The minimum Gasteiger partial charge on any atom is -0.371 e. The smallest absolute Gasteiger partial charge is 0.371 e. The van der Waals surface area contributed by atoms with Gasteiger partial charge in [-0.15, -0.1) is 12.4 Å². The standard InChI is InChI=1S/C14H14Cl2F3NO.ClH/c15-11-2-1-8(3-12(11)16)13(6-21-7-14(17,18)19)9-4-20-5-10(9)13;/h1-3,9-10,20H,4-7H2;1H/t9-,10?,13-;/m0./s1. The molecule has 1 aliphatic heterocycles. The van der Waals surface area contributed by atoms with Crippen LogP contribution in [0, 0.1) is 11.8 Å². The number of fused-ring (bicyclic) bond motifs is 1. The molecule has 2 fully saturated rings. The summed E-state index contributed by atoms with van der Waals surface area (Å²) in [6.07, 6.45) is -4.30. The molecular weight excluding hydrogens is 362 g/mol. The van der Waals surface area contributed by atoms with Crippen molar-refractivity contribution in [3.63, 3.8) is 0 Å². The van der Waals surface area contributed by atoms with Gasteiger partial charge in [0.25, 0.3) is 0 Å². The molecule has 8 heteroatoms. The predicted molar refractivity (Wildman–Crippen MR) is 82.1 cm³/mol. The van der Waals surface area contributed by atoms with Crippen molar-refractivity contribution in [3.8, 4) is 0 Å². The molecule has 1 unspecified atom stereocenters. The van der Waals surface area contributed by atoms with Crippen molar-refractivity contribution in [1.29, 1.82) is 0 Å². The predicted octanol–water partition coefficient (Wildman–Crippen LogP) is 4.08. The maximum Gasteiger partial charge on any atom is 0.411 e. The SMILES string of the molecule is Cl.FC(F)(F)COC[C@@]1(c2ccc(Cl)c(Cl)c2)C2CNC[C@@H]21. The van der Waals surface area contributed by atoms with Gasteiger partial charge in [-0.05, 0) is 42.6 Å². The van der Waals surface area contributed by atoms with Crippen molar-refractivity contribution in [2.24, 2.45) is 11.8 Å². The molecular formula is C14H15Cl3F3NO. The molecule has 0 spiro atoms. The van der Waals surface area contributed by atoms with Gasteiger partial charge in [0.15, 0.2) is 0 Å². The molecule has 22 heavy (non-hydrogen) atoms. The largest absolute Gasteiger partial charge is 0.411 e. The Labute approximate surface area is 142 Å². The van der Waals surface area contributed by atoms with Crippen LogP contribution in [0.5, 0.6) is 0 Å². The second kappa shape index (κ2) is 6.36. The maximum atomic E-state index is 12.3. The number of halogens is 6. The maximum absolute atomic E-state index is 12.3. The summed E-state index contributed by atoms with van der Waals surface area (Å²) in [6.45, 7) is 0.422. The molecule has 0 radical (unpaired) electrons. The molecule has 2 aliphatic rings. The highest BCUT2D eigenvalue weighted by atomic mass is 35.5. The average molecular weight is 377 g/mol. The van der Waals surface area contributed by atoms with Gasteiger partial charge in [-0.1, -0.05) is 29.3 Å². The Bertz CT molecular complexity index is 543. The summed E-state index contributed by atoms with van der Waals surface area (Å²) in [7, 11) is 0. The van der Waals surface area contributed by atoms with Crippen LogP contribution in [0.4, 0.5) is 13.2 Å². The summed E-state index contributed by atoms with van der Waals surface area (Å²) >= 11 is 12.0. The molecule has 0 bridgehead atoms. The Morgan fingerprint density at radius 2 is 1.82 bits per heavy atom. The van der Waals surface area contributed by atoms with E-state index >= 15 is 0 Å². The van der Waals surface area contributed by atoms with Crippen LogP contribution in [0.1, 0.15) is 5.56 Å². The van der Waals surface area contributed by atoms with E-state index in [0.29, 0.717) is 21.9 Å². The summed E-state index contributed by atoms with van der Waals surface area (Å²) in [6, 6.07) is 5.27. The third-order valence-electron chi connectivity index (χ3n) is 4.49. The van der Waals surface area contributed by atoms with Gasteiger partial charge in [0.05, 0.1) is 16.7 Å². The Balaban J connectivity index is 0.00000176. The molecule has 1 aromatic rings. The lowest BCUT2D eigenvalue weighted by Crippen LogP contribution is -2.31. The first-order chi connectivity index (χ1) is 9.84. The summed E-state index contributed by atoms with van der Waals surface area (Å²) in [5, 5.41) is 4.10. The fourth-order valence-corrected chi connectivity index (χ4v) is 3.79. The monoisotopic (exact) mass is 375 g/mol. The number of hydrogen-bond acceptors (Lipinski definition) is 2. The molecule has 124 valence electrons. The molecule has 1 heterocycles. The third-order valence-corrected chi connectivity index (χ3v) is 5.23. The summed E-state index contributed by atoms with van der Waals surface area (Å²) in [4.78, 5) is 0. The highest BCUT2D eigenvalue weighted by Gasteiger charge is 2.67. The van der Waals surface area contributed by atoms with Crippen LogP contribution >= 0.6 is 35.6 Å². The van der Waals surface area contributed by atoms with Crippen molar-refractivity contribution in [2.45, 2.75) is 11.6 Å². The lowest BCUT2D eigenvalue weighted by atomic mass is 9.91. The first-order valence-corrected chi connectivity index (χ1v) is 7.41. The van der Waals surface area contributed by atoms with Gasteiger partial charge < -0.3 is 10.1 Å². The zero-order valence-electron chi connectivity index (χ0n) is 11.4. The fourth-order valence-electron chi connectivity index (χ4n) is 3.49. The molecule has 1 aromatic carbocycles. The number of nitrogens with one attached hydrogen (secondary N) is 1. The Morgan fingerprint density at radius 3 is 2.36 bits per heavy atom. The second-order valence-electron chi connectivity index (χ2n) is 5.65. The van der Waals surface area contributed by atoms with Gasteiger partial charge >= 0.3 is 6.18 Å². The number of rotatable bonds is 4. The van der Waals surface area contributed by atoms with Gasteiger partial charge in [-0.25, -0.2) is 0 Å². The van der Waals surface area contributed by atoms with Crippen molar-refractivity contribution < 1.29 is 17.9 Å². The quantitative estimate of drug-likeness (QED) is 0.855. The van der Waals surface area contributed by atoms with Crippen LogP contribution in [-0.4, -0.2) is 32.5 Å². The van der Waals surface area contributed by atoms with Gasteiger partial charge in [0.2, 0.25) is 0 Å². The van der Waals surface area contributed by atoms with Gasteiger partial charge in [-0.2, -0.15) is 13.2 Å². The summed E-state index contributed by atoms with van der Waals surface area (Å²) in [5.74, 6) is 0.589. The van der Waals surface area contributed by atoms with Crippen molar-refractivity contribution >= 4 is 35.6 Å². The molecule has 1 saturated carbocycles. The molecule has 0 aromatic heterocycles. The van der Waals surface area contributed by atoms with E-state index in [1.54, 1.807) is 12.1 Å². The topological polar surface area (TPSA) is 21.3 Å². The van der Waals surface area contributed by atoms with Gasteiger partial charge in [0.1, 0.15) is 6.61 Å². The first kappa shape index (κ1) is 18.1. The number of alkyl halides is 3. The minimum absolute atomic E-state index is 0. The van der Waals surface area contributed by atoms with Crippen molar-refractivity contribution in [3.05, 3.63) is 33.8 Å². The van der Waals surface area contributed by atoms with E-state index < -0.39 is 12.8 Å². The average Bonchev–Trinajstić information content (AvgIpc) is 2.79. The van der Waals surface area contributed by atoms with Gasteiger partial charge in [0, 0.05) is 5.41 Å². The molecule has 3 rings (SSSR count). The molecule has 1 saturated heterocycles. The van der Waals surface area contributed by atoms with E-state index in [4.69, 9.17) is 27.9 Å². The lowest BCUT2D eigenvalue weighted by Gasteiger charge is -2.23. The Morgan fingerprint density at radius 1 is 1.18 bits per heavy atom. The normalized spacial score (nSPS) is 29.9. The number of benzene rings is 1. The van der Waals surface area contributed by atoms with Crippen LogP contribution in [0.3, 0.4) is 0 Å². The Hall–Kier alpha value is -0.200. The van der Waals surface area contributed by atoms with Crippen LogP contribution in [0.15, 0.2) is 18.2 Å². The van der Waals surface area contributed by atoms with Crippen LogP contribution in [-0.2, 0) is 10.2 Å². The molecule has 1 aliphatic carbocycles. The highest BCUT2D eigenvalue weighted by molar-refractivity contribution is 6.42. The molecule has 1 N–H and O–H groups in total. The van der Waals surface area contributed by atoms with E-state index in [0.717, 1.165) is 18.7 Å². The van der Waals surface area contributed by atoms with E-state index in [2.05, 4.69) is 5.32 Å². The van der Waals surface area contributed by atoms with E-state index in [-0.39, 0.29) is 24.4 Å². The van der Waals surface area contributed by atoms with Crippen LogP contribution < -0.4 is 5.32 Å². The third kappa shape index (κ3) is 3.20. The van der Waals surface area contributed by atoms with Gasteiger partial charge in [-0.3, -0.25) is 0 Å². The van der Waals surface area contributed by atoms with E-state index in [9.17, 15) is 13.2 Å². The Kier molecular flexibility index (Phi) is 5.25. The van der Waals surface area contributed by atoms with Crippen molar-refractivity contribution in [1.82, 2.24) is 5.32 Å². The summed E-state index contributed by atoms with van der Waals surface area (Å²) < 4.78 is 41.8. The van der Waals surface area contributed by atoms with Crippen LogP contribution in [0.25, 0.3) is 0 Å². The first-order valence-electron chi connectivity index (χ1n) is 6.65. The fraction of sp³-hybridized carbons (Fsp3) is 0.571. The molecule has 0 amide bonds. The lowest BCUT2D eigenvalue weighted by molar-refractivity contribution is -0.176. The summed E-state index contributed by atoms with van der Waals surface area (Å²) in [5.41, 5.74) is 0.542. The highest BCUT2D eigenvalue weighted by Crippen LogP contribution is 2.62. The van der Waals surface area contributed by atoms with E-state index in [1.165, 1.54) is 0 Å². The van der Waals surface area contributed by atoms with Crippen molar-refractivity contribution in [2.75, 3.05) is 26.3 Å². The second-order valence-corrected chi connectivity index (χ2v) is 6.46. The van der Waals surface area contributed by atoms with E-state index in [1.807, 2.05) is 6.07 Å². The zero-order valence-corrected chi connectivity index (χ0v) is 13.7. The molecule has 2 nitrogen and oxygen atoms in total. The van der Waals surface area contributed by atoms with Crippen LogP contribution in [0.2, 0.25) is 10.0 Å². The number of ether oxygens (including phenoxy) is 1. The molecule has 3 atom stereocenters.